The van der Waals surface area contributed by atoms with Gasteiger partial charge in [-0.2, -0.15) is 0 Å². The lowest BCUT2D eigenvalue weighted by atomic mass is 10.1. The Bertz CT molecular complexity index is 737. The summed E-state index contributed by atoms with van der Waals surface area (Å²) in [5.41, 5.74) is 1.90. The van der Waals surface area contributed by atoms with E-state index in [1.807, 2.05) is 19.1 Å². The van der Waals surface area contributed by atoms with Crippen LogP contribution in [0.1, 0.15) is 38.3 Å². The van der Waals surface area contributed by atoms with Gasteiger partial charge in [-0.3, -0.25) is 0 Å². The van der Waals surface area contributed by atoms with E-state index >= 15 is 0 Å². The summed E-state index contributed by atoms with van der Waals surface area (Å²) in [6.45, 7) is 7.80. The minimum Gasteiger partial charge on any atom is -0.490 e. The molecule has 0 aliphatic heterocycles. The lowest BCUT2D eigenvalue weighted by Gasteiger charge is -2.17. The Hall–Kier alpha value is -1.13. The van der Waals surface area contributed by atoms with E-state index in [2.05, 4.69) is 19.2 Å². The summed E-state index contributed by atoms with van der Waals surface area (Å²) in [5.74, 6) is 1.29. The van der Waals surface area contributed by atoms with Crippen molar-refractivity contribution in [1.29, 1.82) is 0 Å². The molecule has 2 rings (SSSR count). The molecule has 0 bridgehead atoms. The molecule has 6 heteroatoms. The first kappa shape index (κ1) is 21.2. The number of ether oxygens (including phenoxy) is 2. The first-order valence-corrected chi connectivity index (χ1v) is 9.83. The van der Waals surface area contributed by atoms with Gasteiger partial charge in [0.15, 0.2) is 11.5 Å². The second kappa shape index (κ2) is 10.3. The van der Waals surface area contributed by atoms with Crippen molar-refractivity contribution in [2.24, 2.45) is 0 Å². The second-order valence-electron chi connectivity index (χ2n) is 6.05. The third-order valence-corrected chi connectivity index (χ3v) is 5.14. The lowest BCUT2D eigenvalue weighted by molar-refractivity contribution is 0.269. The second-order valence-corrected chi connectivity index (χ2v) is 7.27. The van der Waals surface area contributed by atoms with Crippen molar-refractivity contribution in [2.45, 2.75) is 46.4 Å². The van der Waals surface area contributed by atoms with Crippen LogP contribution in [0.5, 0.6) is 11.5 Å². The van der Waals surface area contributed by atoms with Crippen LogP contribution in [0.3, 0.4) is 0 Å². The molecule has 1 unspecified atom stereocenters. The molecule has 1 N–H and O–H groups in total. The molecule has 2 aromatic rings. The normalized spacial score (nSPS) is 12.1. The number of benzene rings is 2. The number of nitrogens with one attached hydrogen (secondary N) is 1. The molecule has 0 radical (unpaired) electrons. The van der Waals surface area contributed by atoms with Crippen molar-refractivity contribution in [3.8, 4) is 11.5 Å². The highest BCUT2D eigenvalue weighted by Gasteiger charge is 2.12. The first-order valence-electron chi connectivity index (χ1n) is 8.69. The molecule has 0 aliphatic rings. The highest BCUT2D eigenvalue weighted by atomic mass is 35.5. The average molecular weight is 417 g/mol. The van der Waals surface area contributed by atoms with E-state index in [0.29, 0.717) is 52.4 Å². The SMILES string of the molecule is CCOc1cc(CNC(C)CC)c(Cl)cc1OCc1ccc(Cl)c(Cl)c1. The van der Waals surface area contributed by atoms with Gasteiger partial charge in [-0.15, -0.1) is 0 Å². The standard InChI is InChI=1S/C20H24Cl3NO2/c1-4-13(3)24-11-15-9-19(25-5-2)20(10-17(15)22)26-12-14-6-7-16(21)18(23)8-14/h6-10,13,24H,4-5,11-12H2,1-3H3. The monoisotopic (exact) mass is 415 g/mol. The van der Waals surface area contributed by atoms with Crippen LogP contribution in [-0.2, 0) is 13.2 Å². The highest BCUT2D eigenvalue weighted by molar-refractivity contribution is 6.42. The third kappa shape index (κ3) is 5.95. The molecule has 0 saturated carbocycles. The van der Waals surface area contributed by atoms with Gasteiger partial charge in [0.1, 0.15) is 6.61 Å². The smallest absolute Gasteiger partial charge is 0.163 e. The maximum absolute atomic E-state index is 6.44. The molecule has 142 valence electrons. The fourth-order valence-electron chi connectivity index (χ4n) is 2.31. The summed E-state index contributed by atoms with van der Waals surface area (Å²) in [7, 11) is 0. The summed E-state index contributed by atoms with van der Waals surface area (Å²) in [4.78, 5) is 0. The predicted octanol–water partition coefficient (Wildman–Crippen LogP) is 6.51. The predicted molar refractivity (Wildman–Crippen MR) is 110 cm³/mol. The molecule has 0 spiro atoms. The summed E-state index contributed by atoms with van der Waals surface area (Å²) < 4.78 is 11.7. The Kier molecular flexibility index (Phi) is 8.36. The fourth-order valence-corrected chi connectivity index (χ4v) is 2.85. The molecule has 1 atom stereocenters. The Morgan fingerprint density at radius 2 is 1.65 bits per heavy atom. The van der Waals surface area contributed by atoms with Gasteiger partial charge in [-0.25, -0.2) is 0 Å². The molecule has 0 amide bonds. The molecule has 0 heterocycles. The largest absolute Gasteiger partial charge is 0.490 e. The summed E-state index contributed by atoms with van der Waals surface area (Å²) >= 11 is 18.4. The van der Waals surface area contributed by atoms with Crippen molar-refractivity contribution in [1.82, 2.24) is 5.32 Å². The molecule has 0 aliphatic carbocycles. The number of rotatable bonds is 9. The Morgan fingerprint density at radius 1 is 0.923 bits per heavy atom. The van der Waals surface area contributed by atoms with E-state index in [-0.39, 0.29) is 0 Å². The maximum Gasteiger partial charge on any atom is 0.163 e. The van der Waals surface area contributed by atoms with Crippen molar-refractivity contribution in [3.05, 3.63) is 56.5 Å². The van der Waals surface area contributed by atoms with E-state index in [1.165, 1.54) is 0 Å². The van der Waals surface area contributed by atoms with Crippen LogP contribution in [0.15, 0.2) is 30.3 Å². The van der Waals surface area contributed by atoms with E-state index < -0.39 is 0 Å². The van der Waals surface area contributed by atoms with Gasteiger partial charge in [0.25, 0.3) is 0 Å². The summed E-state index contributed by atoms with van der Waals surface area (Å²) in [6.07, 6.45) is 1.06. The van der Waals surface area contributed by atoms with Crippen LogP contribution in [0.4, 0.5) is 0 Å². The lowest BCUT2D eigenvalue weighted by Crippen LogP contribution is -2.24. The van der Waals surface area contributed by atoms with Gasteiger partial charge in [0.05, 0.1) is 16.7 Å². The molecule has 26 heavy (non-hydrogen) atoms. The quantitative estimate of drug-likeness (QED) is 0.505. The van der Waals surface area contributed by atoms with E-state index in [0.717, 1.165) is 17.5 Å². The molecule has 0 saturated heterocycles. The zero-order valence-electron chi connectivity index (χ0n) is 15.2. The van der Waals surface area contributed by atoms with Crippen LogP contribution in [0, 0.1) is 0 Å². The minimum absolute atomic E-state index is 0.345. The van der Waals surface area contributed by atoms with Crippen LogP contribution >= 0.6 is 34.8 Å². The van der Waals surface area contributed by atoms with Crippen LogP contribution in [-0.4, -0.2) is 12.6 Å². The average Bonchev–Trinajstić information content (AvgIpc) is 2.63. The first-order chi connectivity index (χ1) is 12.4. The summed E-state index contributed by atoms with van der Waals surface area (Å²) in [6, 6.07) is 9.58. The zero-order valence-corrected chi connectivity index (χ0v) is 17.5. The van der Waals surface area contributed by atoms with Crippen LogP contribution in [0.25, 0.3) is 0 Å². The number of halogens is 3. The van der Waals surface area contributed by atoms with Gasteiger partial charge in [0, 0.05) is 23.7 Å². The summed E-state index contributed by atoms with van der Waals surface area (Å²) in [5, 5.41) is 5.11. The molecule has 2 aromatic carbocycles. The van der Waals surface area contributed by atoms with Crippen LogP contribution in [0.2, 0.25) is 15.1 Å². The highest BCUT2D eigenvalue weighted by Crippen LogP contribution is 2.34. The molecular formula is C20H24Cl3NO2. The van der Waals surface area contributed by atoms with Crippen LogP contribution < -0.4 is 14.8 Å². The number of hydrogen-bond donors (Lipinski definition) is 1. The van der Waals surface area contributed by atoms with Crippen molar-refractivity contribution in [2.75, 3.05) is 6.61 Å². The van der Waals surface area contributed by atoms with Gasteiger partial charge in [0.2, 0.25) is 0 Å². The zero-order chi connectivity index (χ0) is 19.1. The fraction of sp³-hybridized carbons (Fsp3) is 0.400. The van der Waals surface area contributed by atoms with E-state index in [1.54, 1.807) is 18.2 Å². The van der Waals surface area contributed by atoms with Gasteiger partial charge < -0.3 is 14.8 Å². The van der Waals surface area contributed by atoms with E-state index in [4.69, 9.17) is 44.3 Å². The van der Waals surface area contributed by atoms with Crippen molar-refractivity contribution >= 4 is 34.8 Å². The van der Waals surface area contributed by atoms with E-state index in [9.17, 15) is 0 Å². The molecular weight excluding hydrogens is 393 g/mol. The number of hydrogen-bond acceptors (Lipinski definition) is 3. The van der Waals surface area contributed by atoms with Crippen molar-refractivity contribution < 1.29 is 9.47 Å². The Labute approximate surface area is 170 Å². The Morgan fingerprint density at radius 3 is 2.31 bits per heavy atom. The third-order valence-electron chi connectivity index (χ3n) is 4.04. The van der Waals surface area contributed by atoms with Crippen molar-refractivity contribution in [3.63, 3.8) is 0 Å². The maximum atomic E-state index is 6.44. The minimum atomic E-state index is 0.345. The molecule has 0 fully saturated rings. The molecule has 0 aromatic heterocycles. The van der Waals surface area contributed by atoms with Gasteiger partial charge in [-0.05, 0) is 49.6 Å². The topological polar surface area (TPSA) is 30.5 Å². The van der Waals surface area contributed by atoms with Gasteiger partial charge in [-0.1, -0.05) is 47.8 Å². The van der Waals surface area contributed by atoms with Gasteiger partial charge >= 0.3 is 0 Å². The Balaban J connectivity index is 2.15. The molecule has 3 nitrogen and oxygen atoms in total.